The average Bonchev–Trinajstić information content (AvgIpc) is 2.49. The number of ether oxygens (including phenoxy) is 2. The summed E-state index contributed by atoms with van der Waals surface area (Å²) in [6, 6.07) is 5.16. The van der Waals surface area contributed by atoms with Gasteiger partial charge in [-0.15, -0.1) is 0 Å². The largest absolute Gasteiger partial charge is 0.493 e. The Bertz CT molecular complexity index is 505. The first-order valence-electron chi connectivity index (χ1n) is 6.53. The van der Waals surface area contributed by atoms with Crippen LogP contribution in [0.4, 0.5) is 0 Å². The van der Waals surface area contributed by atoms with E-state index in [0.717, 1.165) is 5.56 Å². The molecular weight excluding hydrogens is 274 g/mol. The van der Waals surface area contributed by atoms with E-state index in [1.807, 2.05) is 0 Å². The van der Waals surface area contributed by atoms with Crippen molar-refractivity contribution in [2.24, 2.45) is 17.4 Å². The highest BCUT2D eigenvalue weighted by Crippen LogP contribution is 2.27. The molecule has 0 radical (unpaired) electrons. The Labute approximate surface area is 123 Å². The summed E-state index contributed by atoms with van der Waals surface area (Å²) in [5.41, 5.74) is 11.3. The van der Waals surface area contributed by atoms with Gasteiger partial charge in [-0.2, -0.15) is 0 Å². The minimum atomic E-state index is -0.566. The van der Waals surface area contributed by atoms with E-state index >= 15 is 0 Å². The summed E-state index contributed by atoms with van der Waals surface area (Å²) < 4.78 is 10.4. The Hall–Kier alpha value is -2.28. The molecule has 7 nitrogen and oxygen atoms in total. The summed E-state index contributed by atoms with van der Waals surface area (Å²) in [4.78, 5) is 22.4. The van der Waals surface area contributed by atoms with Gasteiger partial charge in [-0.25, -0.2) is 0 Å². The highest BCUT2D eigenvalue weighted by atomic mass is 16.5. The molecule has 0 saturated heterocycles. The highest BCUT2D eigenvalue weighted by molar-refractivity contribution is 5.78. The van der Waals surface area contributed by atoms with Gasteiger partial charge in [0.05, 0.1) is 7.11 Å². The summed E-state index contributed by atoms with van der Waals surface area (Å²) in [6.07, 6.45) is 0. The van der Waals surface area contributed by atoms with E-state index in [0.29, 0.717) is 24.6 Å². The molecule has 1 rings (SSSR count). The van der Waals surface area contributed by atoms with Crippen LogP contribution in [-0.2, 0) is 16.1 Å². The molecule has 0 aromatic heterocycles. The van der Waals surface area contributed by atoms with Gasteiger partial charge in [0, 0.05) is 19.0 Å². The number of nitrogens with two attached hydrogens (primary N) is 2. The van der Waals surface area contributed by atoms with Crippen LogP contribution in [-0.4, -0.2) is 32.1 Å². The van der Waals surface area contributed by atoms with Crippen molar-refractivity contribution in [2.45, 2.75) is 13.5 Å². The normalized spacial score (nSPS) is 11.6. The van der Waals surface area contributed by atoms with Crippen molar-refractivity contribution in [3.63, 3.8) is 0 Å². The van der Waals surface area contributed by atoms with Gasteiger partial charge in [0.15, 0.2) is 18.1 Å². The van der Waals surface area contributed by atoms with Crippen molar-refractivity contribution in [2.75, 3.05) is 20.3 Å². The van der Waals surface area contributed by atoms with Gasteiger partial charge in [-0.1, -0.05) is 13.0 Å². The van der Waals surface area contributed by atoms with E-state index in [1.165, 1.54) is 7.11 Å². The summed E-state index contributed by atoms with van der Waals surface area (Å²) >= 11 is 0. The third-order valence-electron chi connectivity index (χ3n) is 2.87. The van der Waals surface area contributed by atoms with Crippen LogP contribution in [0.25, 0.3) is 0 Å². The fourth-order valence-electron chi connectivity index (χ4n) is 1.56. The lowest BCUT2D eigenvalue weighted by atomic mass is 10.1. The molecule has 1 aromatic carbocycles. The monoisotopic (exact) mass is 295 g/mol. The van der Waals surface area contributed by atoms with Gasteiger partial charge in [-0.05, 0) is 17.7 Å². The van der Waals surface area contributed by atoms with Gasteiger partial charge in [-0.3, -0.25) is 9.59 Å². The number of primary amides is 1. The van der Waals surface area contributed by atoms with E-state index in [1.54, 1.807) is 25.1 Å². The third kappa shape index (κ3) is 5.31. The molecule has 21 heavy (non-hydrogen) atoms. The van der Waals surface area contributed by atoms with Crippen LogP contribution in [0.2, 0.25) is 0 Å². The number of methoxy groups -OCH3 is 1. The zero-order valence-corrected chi connectivity index (χ0v) is 12.2. The average molecular weight is 295 g/mol. The maximum atomic E-state index is 11.6. The third-order valence-corrected chi connectivity index (χ3v) is 2.87. The quantitative estimate of drug-likeness (QED) is 0.612. The second-order valence-corrected chi connectivity index (χ2v) is 4.59. The lowest BCUT2D eigenvalue weighted by Crippen LogP contribution is -2.32. The van der Waals surface area contributed by atoms with Crippen LogP contribution in [0.3, 0.4) is 0 Å². The number of hydrogen-bond donors (Lipinski definition) is 3. The smallest absolute Gasteiger partial charge is 0.255 e. The molecule has 0 aliphatic heterocycles. The van der Waals surface area contributed by atoms with Gasteiger partial charge in [0.1, 0.15) is 0 Å². The minimum absolute atomic E-state index is 0.106. The fourth-order valence-corrected chi connectivity index (χ4v) is 1.56. The van der Waals surface area contributed by atoms with Crippen molar-refractivity contribution < 1.29 is 19.1 Å². The van der Waals surface area contributed by atoms with E-state index < -0.39 is 5.91 Å². The number of carbonyl (C=O) groups excluding carboxylic acids is 2. The number of carbonyl (C=O) groups is 2. The predicted octanol–water partition coefficient (Wildman–Crippen LogP) is -0.230. The molecule has 0 saturated carbocycles. The van der Waals surface area contributed by atoms with Crippen molar-refractivity contribution in [3.8, 4) is 11.5 Å². The maximum Gasteiger partial charge on any atom is 0.255 e. The van der Waals surface area contributed by atoms with E-state index in [-0.39, 0.29) is 18.4 Å². The first kappa shape index (κ1) is 16.8. The van der Waals surface area contributed by atoms with Crippen LogP contribution in [0.15, 0.2) is 18.2 Å². The first-order chi connectivity index (χ1) is 9.97. The zero-order chi connectivity index (χ0) is 15.8. The van der Waals surface area contributed by atoms with Gasteiger partial charge >= 0.3 is 0 Å². The number of hydrogen-bond acceptors (Lipinski definition) is 5. The van der Waals surface area contributed by atoms with Crippen molar-refractivity contribution in [3.05, 3.63) is 23.8 Å². The molecule has 0 bridgehead atoms. The first-order valence-corrected chi connectivity index (χ1v) is 6.53. The Kier molecular flexibility index (Phi) is 6.48. The molecule has 0 spiro atoms. The second kappa shape index (κ2) is 8.11. The summed E-state index contributed by atoms with van der Waals surface area (Å²) in [5, 5.41) is 2.78. The van der Waals surface area contributed by atoms with Gasteiger partial charge < -0.3 is 26.3 Å². The molecule has 0 aliphatic rings. The standard InChI is InChI=1S/C14H21N3O4/c1-9(6-15)14(19)17-7-10-3-4-11(12(5-10)20-2)21-8-13(16)18/h3-5,9H,6-8,15H2,1-2H3,(H2,16,18)(H,17,19). The minimum Gasteiger partial charge on any atom is -0.493 e. The summed E-state index contributed by atoms with van der Waals surface area (Å²) in [5.74, 6) is -0.0173. The molecule has 1 aromatic rings. The van der Waals surface area contributed by atoms with E-state index in [2.05, 4.69) is 5.32 Å². The number of amides is 2. The van der Waals surface area contributed by atoms with E-state index in [9.17, 15) is 9.59 Å². The second-order valence-electron chi connectivity index (χ2n) is 4.59. The molecule has 5 N–H and O–H groups in total. The highest BCUT2D eigenvalue weighted by Gasteiger charge is 2.11. The molecule has 0 aliphatic carbocycles. The fraction of sp³-hybridized carbons (Fsp3) is 0.429. The van der Waals surface area contributed by atoms with E-state index in [4.69, 9.17) is 20.9 Å². The van der Waals surface area contributed by atoms with Crippen molar-refractivity contribution >= 4 is 11.8 Å². The molecule has 2 amide bonds. The van der Waals surface area contributed by atoms with Crippen LogP contribution in [0.5, 0.6) is 11.5 Å². The summed E-state index contributed by atoms with van der Waals surface area (Å²) in [6.45, 7) is 2.20. The lowest BCUT2D eigenvalue weighted by Gasteiger charge is -2.13. The molecule has 7 heteroatoms. The molecule has 1 atom stereocenters. The molecular formula is C14H21N3O4. The molecule has 116 valence electrons. The lowest BCUT2D eigenvalue weighted by molar-refractivity contribution is -0.124. The predicted molar refractivity (Wildman–Crippen MR) is 77.7 cm³/mol. The van der Waals surface area contributed by atoms with Crippen LogP contribution >= 0.6 is 0 Å². The van der Waals surface area contributed by atoms with Crippen molar-refractivity contribution in [1.29, 1.82) is 0 Å². The molecule has 0 heterocycles. The van der Waals surface area contributed by atoms with Crippen LogP contribution in [0.1, 0.15) is 12.5 Å². The molecule has 1 unspecified atom stereocenters. The Morgan fingerprint density at radius 2 is 2.05 bits per heavy atom. The molecule has 0 fully saturated rings. The van der Waals surface area contributed by atoms with Crippen molar-refractivity contribution in [1.82, 2.24) is 5.32 Å². The zero-order valence-electron chi connectivity index (χ0n) is 12.2. The number of rotatable bonds is 8. The van der Waals surface area contributed by atoms with Crippen LogP contribution < -0.4 is 26.3 Å². The number of benzene rings is 1. The Morgan fingerprint density at radius 3 is 2.62 bits per heavy atom. The topological polar surface area (TPSA) is 117 Å². The summed E-state index contributed by atoms with van der Waals surface area (Å²) in [7, 11) is 1.49. The Morgan fingerprint density at radius 1 is 1.33 bits per heavy atom. The number of nitrogens with one attached hydrogen (secondary N) is 1. The van der Waals surface area contributed by atoms with Gasteiger partial charge in [0.25, 0.3) is 5.91 Å². The Balaban J connectivity index is 2.69. The van der Waals surface area contributed by atoms with Gasteiger partial charge in [0.2, 0.25) is 5.91 Å². The maximum absolute atomic E-state index is 11.6. The van der Waals surface area contributed by atoms with Crippen LogP contribution in [0, 0.1) is 5.92 Å². The SMILES string of the molecule is COc1cc(CNC(=O)C(C)CN)ccc1OCC(N)=O.